The minimum absolute atomic E-state index is 0.242. The number of ether oxygens (including phenoxy) is 1. The van der Waals surface area contributed by atoms with Crippen molar-refractivity contribution in [1.29, 1.82) is 0 Å². The second-order valence-corrected chi connectivity index (χ2v) is 5.64. The molecule has 0 bridgehead atoms. The van der Waals surface area contributed by atoms with Gasteiger partial charge in [-0.2, -0.15) is 0 Å². The van der Waals surface area contributed by atoms with Crippen LogP contribution in [0.5, 0.6) is 0 Å². The summed E-state index contributed by atoms with van der Waals surface area (Å²) in [6.07, 6.45) is 1.59. The van der Waals surface area contributed by atoms with E-state index >= 15 is 0 Å². The summed E-state index contributed by atoms with van der Waals surface area (Å²) in [5.41, 5.74) is 1.17. The van der Waals surface area contributed by atoms with Crippen molar-refractivity contribution >= 4 is 5.91 Å². The van der Waals surface area contributed by atoms with Crippen LogP contribution in [0.15, 0.2) is 30.5 Å². The summed E-state index contributed by atoms with van der Waals surface area (Å²) in [5, 5.41) is 10.7. The summed E-state index contributed by atoms with van der Waals surface area (Å²) < 4.78 is 19.7. The Morgan fingerprint density at radius 2 is 2.00 bits per heavy atom. The number of carbonyl (C=O) groups is 1. The molecule has 2 aromatic rings. The molecule has 0 unspecified atom stereocenters. The zero-order valence-corrected chi connectivity index (χ0v) is 13.3. The first-order chi connectivity index (χ1) is 11.7. The monoisotopic (exact) mass is 333 g/mol. The Kier molecular flexibility index (Phi) is 5.50. The van der Waals surface area contributed by atoms with E-state index in [9.17, 15) is 9.18 Å². The molecule has 1 aromatic carbocycles. The van der Waals surface area contributed by atoms with Gasteiger partial charge in [-0.15, -0.1) is 5.10 Å². The third kappa shape index (κ3) is 4.59. The van der Waals surface area contributed by atoms with Gasteiger partial charge in [0, 0.05) is 26.2 Å². The maximum absolute atomic E-state index is 12.9. The van der Waals surface area contributed by atoms with Crippen LogP contribution in [0.4, 0.5) is 4.39 Å². The third-order valence-corrected chi connectivity index (χ3v) is 3.85. The predicted molar refractivity (Wildman–Crippen MR) is 85.1 cm³/mol. The number of amides is 1. The van der Waals surface area contributed by atoms with Crippen molar-refractivity contribution in [3.63, 3.8) is 0 Å². The molecule has 1 aromatic heterocycles. The highest BCUT2D eigenvalue weighted by atomic mass is 19.1. The third-order valence-electron chi connectivity index (χ3n) is 3.85. The summed E-state index contributed by atoms with van der Waals surface area (Å²) in [4.78, 5) is 14.3. The van der Waals surface area contributed by atoms with E-state index in [0.29, 0.717) is 13.1 Å². The number of nitrogens with one attached hydrogen (secondary N) is 1. The van der Waals surface area contributed by atoms with Gasteiger partial charge >= 0.3 is 0 Å². The lowest BCUT2D eigenvalue weighted by Gasteiger charge is -2.26. The molecule has 7 nitrogen and oxygen atoms in total. The number of halogens is 1. The van der Waals surface area contributed by atoms with Crippen LogP contribution in [-0.2, 0) is 11.3 Å². The van der Waals surface area contributed by atoms with E-state index in [4.69, 9.17) is 4.74 Å². The fourth-order valence-corrected chi connectivity index (χ4v) is 2.50. The van der Waals surface area contributed by atoms with Gasteiger partial charge in [0.25, 0.3) is 5.91 Å². The van der Waals surface area contributed by atoms with Gasteiger partial charge in [0.2, 0.25) is 0 Å². The summed E-state index contributed by atoms with van der Waals surface area (Å²) in [5.74, 6) is -0.522. The van der Waals surface area contributed by atoms with Crippen molar-refractivity contribution in [1.82, 2.24) is 25.2 Å². The van der Waals surface area contributed by atoms with Crippen molar-refractivity contribution in [2.24, 2.45) is 0 Å². The molecule has 0 spiro atoms. The van der Waals surface area contributed by atoms with Gasteiger partial charge in [0.15, 0.2) is 5.69 Å². The molecule has 128 valence electrons. The quantitative estimate of drug-likeness (QED) is 0.835. The Morgan fingerprint density at radius 1 is 1.25 bits per heavy atom. The molecule has 0 saturated carbocycles. The van der Waals surface area contributed by atoms with Crippen LogP contribution in [-0.4, -0.2) is 65.2 Å². The fraction of sp³-hybridized carbons (Fsp3) is 0.438. The number of hydrogen-bond donors (Lipinski definition) is 1. The highest BCUT2D eigenvalue weighted by Crippen LogP contribution is 2.05. The zero-order chi connectivity index (χ0) is 16.8. The molecule has 1 N–H and O–H groups in total. The van der Waals surface area contributed by atoms with Gasteiger partial charge in [-0.25, -0.2) is 9.07 Å². The van der Waals surface area contributed by atoms with Crippen LogP contribution < -0.4 is 5.32 Å². The Hall–Kier alpha value is -2.32. The molecule has 1 aliphatic heterocycles. The lowest BCUT2D eigenvalue weighted by atomic mass is 10.2. The molecule has 0 atom stereocenters. The van der Waals surface area contributed by atoms with Crippen LogP contribution >= 0.6 is 0 Å². The first-order valence-corrected chi connectivity index (χ1v) is 7.93. The smallest absolute Gasteiger partial charge is 0.273 e. The summed E-state index contributed by atoms with van der Waals surface area (Å²) in [6.45, 7) is 5.06. The number of hydrogen-bond acceptors (Lipinski definition) is 5. The zero-order valence-electron chi connectivity index (χ0n) is 13.3. The van der Waals surface area contributed by atoms with Crippen molar-refractivity contribution < 1.29 is 13.9 Å². The standard InChI is InChI=1S/C16H20FN5O2/c17-14-3-1-13(2-4-14)11-22-12-15(19-20-22)16(23)18-5-6-21-7-9-24-10-8-21/h1-4,12H,5-11H2,(H,18,23). The lowest BCUT2D eigenvalue weighted by molar-refractivity contribution is 0.0383. The van der Waals surface area contributed by atoms with Gasteiger partial charge in [0.1, 0.15) is 5.82 Å². The number of morpholine rings is 1. The highest BCUT2D eigenvalue weighted by molar-refractivity contribution is 5.91. The minimum atomic E-state index is -0.280. The van der Waals surface area contributed by atoms with Crippen molar-refractivity contribution in [3.05, 3.63) is 47.5 Å². The van der Waals surface area contributed by atoms with E-state index in [-0.39, 0.29) is 17.4 Å². The van der Waals surface area contributed by atoms with Crippen LogP contribution in [0.1, 0.15) is 16.1 Å². The molecule has 0 aliphatic carbocycles. The Bertz CT molecular complexity index is 667. The van der Waals surface area contributed by atoms with Gasteiger partial charge in [0.05, 0.1) is 26.0 Å². The van der Waals surface area contributed by atoms with Crippen LogP contribution in [0.2, 0.25) is 0 Å². The first kappa shape index (κ1) is 16.5. The number of rotatable bonds is 6. The SMILES string of the molecule is O=C(NCCN1CCOCC1)c1cn(Cc2ccc(F)cc2)nn1. The van der Waals surface area contributed by atoms with E-state index in [0.717, 1.165) is 38.4 Å². The van der Waals surface area contributed by atoms with E-state index in [1.165, 1.54) is 12.1 Å². The van der Waals surface area contributed by atoms with Crippen molar-refractivity contribution in [3.8, 4) is 0 Å². The second-order valence-electron chi connectivity index (χ2n) is 5.64. The Morgan fingerprint density at radius 3 is 2.75 bits per heavy atom. The van der Waals surface area contributed by atoms with E-state index in [1.807, 2.05) is 0 Å². The highest BCUT2D eigenvalue weighted by Gasteiger charge is 2.13. The van der Waals surface area contributed by atoms with E-state index < -0.39 is 0 Å². The lowest BCUT2D eigenvalue weighted by Crippen LogP contribution is -2.41. The van der Waals surface area contributed by atoms with Gasteiger partial charge in [-0.3, -0.25) is 9.69 Å². The topological polar surface area (TPSA) is 72.3 Å². The largest absolute Gasteiger partial charge is 0.379 e. The first-order valence-electron chi connectivity index (χ1n) is 7.93. The molecule has 1 aliphatic rings. The van der Waals surface area contributed by atoms with Crippen molar-refractivity contribution in [2.75, 3.05) is 39.4 Å². The number of benzene rings is 1. The van der Waals surface area contributed by atoms with Crippen LogP contribution in [0.3, 0.4) is 0 Å². The summed E-state index contributed by atoms with van der Waals surface area (Å²) in [7, 11) is 0. The fourth-order valence-electron chi connectivity index (χ4n) is 2.50. The average Bonchev–Trinajstić information content (AvgIpc) is 3.06. The molecule has 1 fully saturated rings. The predicted octanol–water partition coefficient (Wildman–Crippen LogP) is 0.528. The van der Waals surface area contributed by atoms with Gasteiger partial charge in [-0.05, 0) is 17.7 Å². The minimum Gasteiger partial charge on any atom is -0.379 e. The molecule has 1 saturated heterocycles. The second kappa shape index (κ2) is 7.98. The molecule has 2 heterocycles. The van der Waals surface area contributed by atoms with Crippen LogP contribution in [0, 0.1) is 5.82 Å². The summed E-state index contributed by atoms with van der Waals surface area (Å²) in [6, 6.07) is 6.15. The van der Waals surface area contributed by atoms with E-state index in [2.05, 4.69) is 20.5 Å². The average molecular weight is 333 g/mol. The number of carbonyl (C=O) groups excluding carboxylic acids is 1. The number of aromatic nitrogens is 3. The van der Waals surface area contributed by atoms with Gasteiger partial charge < -0.3 is 10.1 Å². The maximum Gasteiger partial charge on any atom is 0.273 e. The molecule has 8 heteroatoms. The Balaban J connectivity index is 1.47. The van der Waals surface area contributed by atoms with Crippen LogP contribution in [0.25, 0.3) is 0 Å². The molecular weight excluding hydrogens is 313 g/mol. The molecule has 3 rings (SSSR count). The maximum atomic E-state index is 12.9. The normalized spacial score (nSPS) is 15.4. The Labute approximate surface area is 139 Å². The summed E-state index contributed by atoms with van der Waals surface area (Å²) >= 11 is 0. The molecule has 0 radical (unpaired) electrons. The van der Waals surface area contributed by atoms with E-state index in [1.54, 1.807) is 23.0 Å². The molecule has 24 heavy (non-hydrogen) atoms. The number of nitrogens with zero attached hydrogens (tertiary/aromatic N) is 4. The molecule has 1 amide bonds. The van der Waals surface area contributed by atoms with Gasteiger partial charge in [-0.1, -0.05) is 17.3 Å². The van der Waals surface area contributed by atoms with Crippen molar-refractivity contribution in [2.45, 2.75) is 6.54 Å². The molecular formula is C16H20FN5O2.